The molecule has 3 nitrogen and oxygen atoms in total. The number of allylic oxidation sites excluding steroid dienone is 2. The Kier molecular flexibility index (Phi) is 5.76. The fourth-order valence-electron chi connectivity index (χ4n) is 3.05. The molecule has 1 fully saturated rings. The van der Waals surface area contributed by atoms with Gasteiger partial charge in [-0.15, -0.1) is 0 Å². The minimum atomic E-state index is -2.74. The molecule has 3 rings (SSSR count). The number of alkyl halides is 2. The van der Waals surface area contributed by atoms with Gasteiger partial charge in [-0.3, -0.25) is 4.90 Å². The van der Waals surface area contributed by atoms with E-state index in [9.17, 15) is 8.78 Å². The lowest BCUT2D eigenvalue weighted by Gasteiger charge is -2.29. The molecule has 0 bridgehead atoms. The van der Waals surface area contributed by atoms with E-state index in [0.29, 0.717) is 6.61 Å². The molecule has 0 aromatic heterocycles. The van der Waals surface area contributed by atoms with Gasteiger partial charge in [-0.25, -0.2) is 8.78 Å². The molecule has 1 aromatic rings. The Labute approximate surface area is 142 Å². The standard InChI is InChI=1S/C19H24F2N2O/c20-19(21)8-6-17(7-9-19)18(16-4-2-1-3-5-16)24-15-14-23-12-10-22-11-13-23/h1-8,18,22H,9-15H2. The van der Waals surface area contributed by atoms with Crippen LogP contribution in [0.15, 0.2) is 54.1 Å². The van der Waals surface area contributed by atoms with Crippen LogP contribution in [0.1, 0.15) is 18.1 Å². The second-order valence-corrected chi connectivity index (χ2v) is 6.26. The average molecular weight is 334 g/mol. The topological polar surface area (TPSA) is 24.5 Å². The zero-order valence-electron chi connectivity index (χ0n) is 13.8. The highest BCUT2D eigenvalue weighted by atomic mass is 19.3. The molecular formula is C19H24F2N2O. The molecule has 1 aliphatic carbocycles. The van der Waals surface area contributed by atoms with Crippen LogP contribution in [-0.4, -0.2) is 50.2 Å². The number of nitrogens with one attached hydrogen (secondary N) is 1. The van der Waals surface area contributed by atoms with Crippen LogP contribution >= 0.6 is 0 Å². The van der Waals surface area contributed by atoms with Crippen molar-refractivity contribution in [1.82, 2.24) is 10.2 Å². The Hall–Kier alpha value is -1.56. The summed E-state index contributed by atoms with van der Waals surface area (Å²) in [5, 5.41) is 3.33. The first kappa shape index (κ1) is 17.3. The van der Waals surface area contributed by atoms with E-state index in [0.717, 1.165) is 49.9 Å². The van der Waals surface area contributed by atoms with E-state index >= 15 is 0 Å². The number of rotatable bonds is 6. The van der Waals surface area contributed by atoms with Crippen molar-refractivity contribution >= 4 is 0 Å². The number of nitrogens with zero attached hydrogens (tertiary/aromatic N) is 1. The van der Waals surface area contributed by atoms with Gasteiger partial charge >= 0.3 is 0 Å². The summed E-state index contributed by atoms with van der Waals surface area (Å²) in [6, 6.07) is 9.81. The van der Waals surface area contributed by atoms with E-state index in [1.54, 1.807) is 6.08 Å². The molecule has 130 valence electrons. The molecule has 5 heteroatoms. The summed E-state index contributed by atoms with van der Waals surface area (Å²) in [6.07, 6.45) is 3.54. The maximum absolute atomic E-state index is 13.4. The highest BCUT2D eigenvalue weighted by Gasteiger charge is 2.28. The first-order valence-electron chi connectivity index (χ1n) is 8.51. The first-order valence-corrected chi connectivity index (χ1v) is 8.51. The molecule has 1 atom stereocenters. The predicted octanol–water partition coefficient (Wildman–Crippen LogP) is 3.17. The number of benzene rings is 1. The first-order chi connectivity index (χ1) is 11.6. The van der Waals surface area contributed by atoms with Gasteiger partial charge in [0.2, 0.25) is 0 Å². The minimum absolute atomic E-state index is 0.261. The zero-order chi connectivity index (χ0) is 16.8. The van der Waals surface area contributed by atoms with E-state index in [1.165, 1.54) is 6.08 Å². The Morgan fingerprint density at radius 3 is 2.58 bits per heavy atom. The van der Waals surface area contributed by atoms with Gasteiger partial charge in [-0.1, -0.05) is 42.5 Å². The molecule has 0 saturated carbocycles. The lowest BCUT2D eigenvalue weighted by atomic mass is 9.95. The Morgan fingerprint density at radius 1 is 1.17 bits per heavy atom. The van der Waals surface area contributed by atoms with Crippen molar-refractivity contribution in [3.05, 3.63) is 59.7 Å². The van der Waals surface area contributed by atoms with E-state index in [2.05, 4.69) is 10.2 Å². The Morgan fingerprint density at radius 2 is 1.92 bits per heavy atom. The van der Waals surface area contributed by atoms with Crippen LogP contribution in [0.2, 0.25) is 0 Å². The van der Waals surface area contributed by atoms with Crippen molar-refractivity contribution in [3.63, 3.8) is 0 Å². The number of hydrogen-bond acceptors (Lipinski definition) is 3. The van der Waals surface area contributed by atoms with Crippen molar-refractivity contribution in [2.45, 2.75) is 18.4 Å². The van der Waals surface area contributed by atoms with Crippen LogP contribution in [0.5, 0.6) is 0 Å². The summed E-state index contributed by atoms with van der Waals surface area (Å²) in [5.41, 5.74) is 1.81. The normalized spacial score (nSPS) is 22.2. The van der Waals surface area contributed by atoms with Gasteiger partial charge in [0.15, 0.2) is 0 Å². The van der Waals surface area contributed by atoms with Crippen LogP contribution in [0.4, 0.5) is 8.78 Å². The van der Waals surface area contributed by atoms with Crippen molar-refractivity contribution in [1.29, 1.82) is 0 Å². The highest BCUT2D eigenvalue weighted by molar-refractivity contribution is 5.36. The van der Waals surface area contributed by atoms with Crippen LogP contribution in [0.3, 0.4) is 0 Å². The maximum atomic E-state index is 13.4. The number of ether oxygens (including phenoxy) is 1. The van der Waals surface area contributed by atoms with E-state index in [4.69, 9.17) is 4.74 Å². The summed E-state index contributed by atoms with van der Waals surface area (Å²) >= 11 is 0. The molecule has 1 N–H and O–H groups in total. The summed E-state index contributed by atoms with van der Waals surface area (Å²) in [7, 11) is 0. The largest absolute Gasteiger partial charge is 0.367 e. The fraction of sp³-hybridized carbons (Fsp3) is 0.474. The molecule has 0 radical (unpaired) electrons. The van der Waals surface area contributed by atoms with Crippen LogP contribution in [0.25, 0.3) is 0 Å². The lowest BCUT2D eigenvalue weighted by molar-refractivity contribution is 0.0460. The van der Waals surface area contributed by atoms with Crippen LogP contribution < -0.4 is 5.32 Å². The molecule has 1 unspecified atom stereocenters. The molecule has 1 aromatic carbocycles. The van der Waals surface area contributed by atoms with Gasteiger partial charge in [0, 0.05) is 39.1 Å². The minimum Gasteiger partial charge on any atom is -0.367 e. The zero-order valence-corrected chi connectivity index (χ0v) is 13.8. The summed E-state index contributed by atoms with van der Waals surface area (Å²) in [4.78, 5) is 2.36. The predicted molar refractivity (Wildman–Crippen MR) is 91.2 cm³/mol. The molecule has 1 aliphatic heterocycles. The summed E-state index contributed by atoms with van der Waals surface area (Å²) in [5.74, 6) is -2.74. The van der Waals surface area contributed by atoms with Crippen molar-refractivity contribution in [2.75, 3.05) is 39.3 Å². The summed E-state index contributed by atoms with van der Waals surface area (Å²) < 4.78 is 32.8. The average Bonchev–Trinajstić information content (AvgIpc) is 2.61. The number of halogens is 2. The lowest BCUT2D eigenvalue weighted by Crippen LogP contribution is -2.44. The molecule has 1 heterocycles. The SMILES string of the molecule is FC1(F)C=CC(C(OCCN2CCNCC2)c2ccccc2)=CC1. The van der Waals surface area contributed by atoms with E-state index in [-0.39, 0.29) is 12.5 Å². The monoisotopic (exact) mass is 334 g/mol. The molecule has 24 heavy (non-hydrogen) atoms. The second-order valence-electron chi connectivity index (χ2n) is 6.26. The van der Waals surface area contributed by atoms with Gasteiger partial charge in [0.05, 0.1) is 6.61 Å². The summed E-state index contributed by atoms with van der Waals surface area (Å²) in [6.45, 7) is 5.50. The molecule has 2 aliphatic rings. The van der Waals surface area contributed by atoms with Gasteiger partial charge in [0.25, 0.3) is 5.92 Å². The van der Waals surface area contributed by atoms with Crippen LogP contribution in [-0.2, 0) is 4.74 Å². The Bertz CT molecular complexity index is 580. The van der Waals surface area contributed by atoms with Crippen LogP contribution in [0, 0.1) is 0 Å². The number of hydrogen-bond donors (Lipinski definition) is 1. The molecule has 1 saturated heterocycles. The van der Waals surface area contributed by atoms with Gasteiger partial charge in [0.1, 0.15) is 6.10 Å². The second kappa shape index (κ2) is 8.01. The van der Waals surface area contributed by atoms with Gasteiger partial charge in [-0.2, -0.15) is 0 Å². The molecular weight excluding hydrogens is 310 g/mol. The third-order valence-corrected chi connectivity index (χ3v) is 4.44. The van der Waals surface area contributed by atoms with Crippen molar-refractivity contribution in [2.24, 2.45) is 0 Å². The highest BCUT2D eigenvalue weighted by Crippen LogP contribution is 2.34. The van der Waals surface area contributed by atoms with E-state index < -0.39 is 5.92 Å². The molecule has 0 amide bonds. The van der Waals surface area contributed by atoms with Gasteiger partial charge < -0.3 is 10.1 Å². The maximum Gasteiger partial charge on any atom is 0.270 e. The van der Waals surface area contributed by atoms with E-state index in [1.807, 2.05) is 30.3 Å². The van der Waals surface area contributed by atoms with Crippen molar-refractivity contribution in [3.8, 4) is 0 Å². The molecule has 0 spiro atoms. The Balaban J connectivity index is 1.64. The third-order valence-electron chi connectivity index (χ3n) is 4.44. The smallest absolute Gasteiger partial charge is 0.270 e. The quantitative estimate of drug-likeness (QED) is 0.865. The van der Waals surface area contributed by atoms with Crippen molar-refractivity contribution < 1.29 is 13.5 Å². The third kappa shape index (κ3) is 4.72. The number of piperazine rings is 1. The van der Waals surface area contributed by atoms with Gasteiger partial charge in [-0.05, 0) is 17.2 Å². The fourth-order valence-corrected chi connectivity index (χ4v) is 3.05.